The van der Waals surface area contributed by atoms with Gasteiger partial charge in [-0.25, -0.2) is 0 Å². The Bertz CT molecular complexity index is 938. The van der Waals surface area contributed by atoms with Crippen LogP contribution < -0.4 is 4.18 Å². The van der Waals surface area contributed by atoms with Crippen LogP contribution in [-0.4, -0.2) is 18.3 Å². The number of rotatable bonds is 5. The van der Waals surface area contributed by atoms with Crippen LogP contribution in [0.3, 0.4) is 0 Å². The second-order valence-corrected chi connectivity index (χ2v) is 6.52. The molecule has 0 saturated carbocycles. The lowest BCUT2D eigenvalue weighted by Crippen LogP contribution is -2.11. The number of nitro groups is 2. The van der Waals surface area contributed by atoms with Gasteiger partial charge in [0.15, 0.2) is 0 Å². The van der Waals surface area contributed by atoms with Crippen molar-refractivity contribution in [2.75, 3.05) is 0 Å². The van der Waals surface area contributed by atoms with E-state index in [1.165, 1.54) is 25.1 Å². The van der Waals surface area contributed by atoms with E-state index in [2.05, 4.69) is 0 Å². The summed E-state index contributed by atoms with van der Waals surface area (Å²) in [4.78, 5) is 20.0. The van der Waals surface area contributed by atoms with Gasteiger partial charge >= 0.3 is 15.8 Å². The molecule has 0 N–H and O–H groups in total. The molecule has 0 amide bonds. The van der Waals surface area contributed by atoms with E-state index in [1.807, 2.05) is 0 Å². The lowest BCUT2D eigenvalue weighted by atomic mass is 10.2. The summed E-state index contributed by atoms with van der Waals surface area (Å²) in [5, 5.41) is 21.9. The first-order valence-electron chi connectivity index (χ1n) is 6.56. The molecule has 0 bridgehead atoms. The minimum absolute atomic E-state index is 0.278. The Morgan fingerprint density at radius 3 is 2.12 bits per heavy atom. The standard InChI is InChI=1S/C14H12N2O7S/c1-9-3-6-14(13(7-9)16(19)20)23-24(21,22)11-5-4-10(2)12(8-11)15(17)18/h3-8H,1-2H3. The van der Waals surface area contributed by atoms with Gasteiger partial charge in [-0.2, -0.15) is 8.42 Å². The molecule has 0 aliphatic rings. The summed E-state index contributed by atoms with van der Waals surface area (Å²) in [6.45, 7) is 3.06. The summed E-state index contributed by atoms with van der Waals surface area (Å²) < 4.78 is 29.4. The molecule has 2 aromatic rings. The van der Waals surface area contributed by atoms with E-state index < -0.39 is 42.0 Å². The van der Waals surface area contributed by atoms with Crippen molar-refractivity contribution in [3.63, 3.8) is 0 Å². The van der Waals surface area contributed by atoms with Gasteiger partial charge in [0.1, 0.15) is 4.90 Å². The zero-order valence-electron chi connectivity index (χ0n) is 12.6. The van der Waals surface area contributed by atoms with Crippen molar-refractivity contribution in [3.05, 3.63) is 67.8 Å². The van der Waals surface area contributed by atoms with E-state index in [9.17, 15) is 28.6 Å². The van der Waals surface area contributed by atoms with Gasteiger partial charge in [-0.15, -0.1) is 0 Å². The second-order valence-electron chi connectivity index (χ2n) is 4.97. The van der Waals surface area contributed by atoms with E-state index in [0.717, 1.165) is 18.2 Å². The van der Waals surface area contributed by atoms with Crippen molar-refractivity contribution in [3.8, 4) is 5.75 Å². The number of benzene rings is 2. The molecule has 0 saturated heterocycles. The summed E-state index contributed by atoms with van der Waals surface area (Å²) in [6.07, 6.45) is 0. The second kappa shape index (κ2) is 6.24. The van der Waals surface area contributed by atoms with Crippen LogP contribution in [0.15, 0.2) is 41.3 Å². The van der Waals surface area contributed by atoms with Crippen molar-refractivity contribution in [2.45, 2.75) is 18.7 Å². The van der Waals surface area contributed by atoms with Crippen LogP contribution in [0.4, 0.5) is 11.4 Å². The molecule has 0 aromatic heterocycles. The van der Waals surface area contributed by atoms with Crippen molar-refractivity contribution >= 4 is 21.5 Å². The van der Waals surface area contributed by atoms with E-state index in [0.29, 0.717) is 5.56 Å². The van der Waals surface area contributed by atoms with Gasteiger partial charge in [-0.05, 0) is 31.5 Å². The summed E-state index contributed by atoms with van der Waals surface area (Å²) in [6, 6.07) is 7.03. The fourth-order valence-corrected chi connectivity index (χ4v) is 2.91. The van der Waals surface area contributed by atoms with Crippen LogP contribution in [0.25, 0.3) is 0 Å². The average Bonchev–Trinajstić information content (AvgIpc) is 2.48. The molecule has 0 radical (unpaired) electrons. The molecule has 9 nitrogen and oxygen atoms in total. The molecule has 126 valence electrons. The van der Waals surface area contributed by atoms with Crippen molar-refractivity contribution in [1.29, 1.82) is 0 Å². The number of nitro benzene ring substituents is 2. The molecule has 0 atom stereocenters. The quantitative estimate of drug-likeness (QED) is 0.459. The Morgan fingerprint density at radius 1 is 0.917 bits per heavy atom. The summed E-state index contributed by atoms with van der Waals surface area (Å²) in [7, 11) is -4.46. The molecule has 0 aliphatic heterocycles. The van der Waals surface area contributed by atoms with Crippen LogP contribution in [0.5, 0.6) is 5.75 Å². The first kappa shape index (κ1) is 17.3. The molecule has 2 rings (SSSR count). The Hall–Kier alpha value is -3.01. The van der Waals surface area contributed by atoms with Crippen LogP contribution in [0.1, 0.15) is 11.1 Å². The predicted molar refractivity (Wildman–Crippen MR) is 83.5 cm³/mol. The zero-order chi connectivity index (χ0) is 18.1. The van der Waals surface area contributed by atoms with E-state index in [-0.39, 0.29) is 5.56 Å². The summed E-state index contributed by atoms with van der Waals surface area (Å²) >= 11 is 0. The van der Waals surface area contributed by atoms with Gasteiger partial charge in [0.25, 0.3) is 5.69 Å². The Labute approximate surface area is 136 Å². The highest BCUT2D eigenvalue weighted by Gasteiger charge is 2.25. The van der Waals surface area contributed by atoms with E-state index in [4.69, 9.17) is 4.18 Å². The molecule has 0 aliphatic carbocycles. The summed E-state index contributed by atoms with van der Waals surface area (Å²) in [5.74, 6) is -0.464. The van der Waals surface area contributed by atoms with Gasteiger partial charge in [0, 0.05) is 17.7 Å². The zero-order valence-corrected chi connectivity index (χ0v) is 13.4. The van der Waals surface area contributed by atoms with Crippen LogP contribution in [0.2, 0.25) is 0 Å². The van der Waals surface area contributed by atoms with Crippen LogP contribution in [-0.2, 0) is 10.1 Å². The lowest BCUT2D eigenvalue weighted by Gasteiger charge is -2.08. The molecule has 0 spiro atoms. The lowest BCUT2D eigenvalue weighted by molar-refractivity contribution is -0.385. The van der Waals surface area contributed by atoms with E-state index in [1.54, 1.807) is 6.92 Å². The smallest absolute Gasteiger partial charge is 0.339 e. The Morgan fingerprint density at radius 2 is 1.54 bits per heavy atom. The van der Waals surface area contributed by atoms with Gasteiger partial charge in [-0.1, -0.05) is 12.1 Å². The molecule has 0 fully saturated rings. The third-order valence-electron chi connectivity index (χ3n) is 3.18. The number of nitrogens with zero attached hydrogens (tertiary/aromatic N) is 2. The average molecular weight is 352 g/mol. The highest BCUT2D eigenvalue weighted by Crippen LogP contribution is 2.31. The largest absolute Gasteiger partial charge is 0.372 e. The SMILES string of the molecule is Cc1ccc(OS(=O)(=O)c2ccc(C)c([N+](=O)[O-])c2)c([N+](=O)[O-])c1. The van der Waals surface area contributed by atoms with Crippen LogP contribution >= 0.6 is 0 Å². The maximum Gasteiger partial charge on any atom is 0.339 e. The maximum absolute atomic E-state index is 12.3. The third-order valence-corrected chi connectivity index (χ3v) is 4.41. The first-order valence-corrected chi connectivity index (χ1v) is 7.97. The normalized spacial score (nSPS) is 11.1. The topological polar surface area (TPSA) is 130 Å². The van der Waals surface area contributed by atoms with Crippen molar-refractivity contribution in [2.24, 2.45) is 0 Å². The fraction of sp³-hybridized carbons (Fsp3) is 0.143. The highest BCUT2D eigenvalue weighted by atomic mass is 32.2. The number of hydrogen-bond acceptors (Lipinski definition) is 7. The minimum atomic E-state index is -4.46. The van der Waals surface area contributed by atoms with Crippen LogP contribution in [0, 0.1) is 34.1 Å². The predicted octanol–water partition coefficient (Wildman–Crippen LogP) is 2.89. The summed E-state index contributed by atoms with van der Waals surface area (Å²) in [5.41, 5.74) is -0.0732. The van der Waals surface area contributed by atoms with Crippen molar-refractivity contribution in [1.82, 2.24) is 0 Å². The molecular weight excluding hydrogens is 340 g/mol. The molecule has 2 aromatic carbocycles. The third kappa shape index (κ3) is 3.49. The molecule has 10 heteroatoms. The molecule has 0 unspecified atom stereocenters. The fourth-order valence-electron chi connectivity index (χ4n) is 1.95. The Balaban J connectivity index is 2.49. The monoisotopic (exact) mass is 352 g/mol. The first-order chi connectivity index (χ1) is 11.1. The number of aryl methyl sites for hydroxylation is 2. The maximum atomic E-state index is 12.3. The molecular formula is C14H12N2O7S. The Kier molecular flexibility index (Phi) is 4.51. The molecule has 24 heavy (non-hydrogen) atoms. The number of hydrogen-bond donors (Lipinski definition) is 0. The highest BCUT2D eigenvalue weighted by molar-refractivity contribution is 7.87. The van der Waals surface area contributed by atoms with Gasteiger partial charge in [0.05, 0.1) is 9.85 Å². The van der Waals surface area contributed by atoms with Gasteiger partial charge in [-0.3, -0.25) is 20.2 Å². The van der Waals surface area contributed by atoms with Gasteiger partial charge < -0.3 is 4.18 Å². The van der Waals surface area contributed by atoms with Crippen molar-refractivity contribution < 1.29 is 22.4 Å². The minimum Gasteiger partial charge on any atom is -0.372 e. The van der Waals surface area contributed by atoms with Gasteiger partial charge in [0.2, 0.25) is 5.75 Å². The molecule has 0 heterocycles. The van der Waals surface area contributed by atoms with E-state index >= 15 is 0 Å².